The molecule has 2 nitrogen and oxygen atoms in total. The van der Waals surface area contributed by atoms with E-state index in [1.165, 1.54) is 31.2 Å². The van der Waals surface area contributed by atoms with Gasteiger partial charge in [-0.3, -0.25) is 4.98 Å². The van der Waals surface area contributed by atoms with E-state index in [4.69, 9.17) is 0 Å². The summed E-state index contributed by atoms with van der Waals surface area (Å²) in [6, 6.07) is 4.69. The van der Waals surface area contributed by atoms with E-state index >= 15 is 0 Å². The first kappa shape index (κ1) is 12.3. The molecule has 2 heteroatoms. The summed E-state index contributed by atoms with van der Waals surface area (Å²) < 4.78 is 0. The van der Waals surface area contributed by atoms with E-state index in [1.807, 2.05) is 20.2 Å². The molecule has 1 atom stereocenters. The predicted octanol–water partition coefficient (Wildman–Crippen LogP) is 3.54. The van der Waals surface area contributed by atoms with Gasteiger partial charge in [-0.15, -0.1) is 0 Å². The second kappa shape index (κ2) is 5.97. The van der Waals surface area contributed by atoms with Crippen molar-refractivity contribution in [1.29, 1.82) is 0 Å². The van der Waals surface area contributed by atoms with Crippen LogP contribution in [0, 0.1) is 6.92 Å². The van der Waals surface area contributed by atoms with Crippen LogP contribution in [0.1, 0.15) is 49.4 Å². The minimum absolute atomic E-state index is 0.410. The molecule has 1 N–H and O–H groups in total. The predicted molar refractivity (Wildman–Crippen MR) is 71.9 cm³/mol. The normalized spacial score (nSPS) is 17.6. The zero-order valence-electron chi connectivity index (χ0n) is 10.9. The van der Waals surface area contributed by atoms with Gasteiger partial charge in [0, 0.05) is 17.9 Å². The molecular formula is C15H22N2. The minimum atomic E-state index is 0.410. The number of allylic oxidation sites excluding steroid dienone is 1. The molecule has 2 rings (SSSR count). The Morgan fingerprint density at radius 1 is 1.35 bits per heavy atom. The third kappa shape index (κ3) is 3.40. The summed E-state index contributed by atoms with van der Waals surface area (Å²) in [5, 5.41) is 3.40. The number of aromatic nitrogens is 1. The van der Waals surface area contributed by atoms with Crippen molar-refractivity contribution in [2.24, 2.45) is 0 Å². The first-order chi connectivity index (χ1) is 8.29. The molecule has 1 heterocycles. The maximum Gasteiger partial charge on any atom is 0.0372 e. The summed E-state index contributed by atoms with van der Waals surface area (Å²) in [5.41, 5.74) is 3.99. The molecule has 0 saturated heterocycles. The molecular weight excluding hydrogens is 208 g/mol. The molecule has 92 valence electrons. The molecule has 0 fully saturated rings. The van der Waals surface area contributed by atoms with Gasteiger partial charge < -0.3 is 5.32 Å². The molecule has 0 aromatic carbocycles. The van der Waals surface area contributed by atoms with Gasteiger partial charge >= 0.3 is 0 Å². The van der Waals surface area contributed by atoms with Crippen LogP contribution in [0.2, 0.25) is 0 Å². The highest BCUT2D eigenvalue weighted by Gasteiger charge is 2.13. The number of nitrogens with zero attached hydrogens (tertiary/aromatic N) is 1. The summed E-state index contributed by atoms with van der Waals surface area (Å²) in [4.78, 5) is 4.38. The Morgan fingerprint density at radius 2 is 2.24 bits per heavy atom. The minimum Gasteiger partial charge on any atom is -0.313 e. The first-order valence-electron chi connectivity index (χ1n) is 6.57. The highest BCUT2D eigenvalue weighted by molar-refractivity contribution is 5.20. The molecule has 0 amide bonds. The SMILES string of the molecule is CNC(CC1=CCCCC1)c1ccc(C)nc1. The third-order valence-electron chi connectivity index (χ3n) is 3.54. The topological polar surface area (TPSA) is 24.9 Å². The van der Waals surface area contributed by atoms with Gasteiger partial charge in [0.15, 0.2) is 0 Å². The number of pyridine rings is 1. The first-order valence-corrected chi connectivity index (χ1v) is 6.57. The fourth-order valence-corrected chi connectivity index (χ4v) is 2.42. The van der Waals surface area contributed by atoms with Crippen molar-refractivity contribution < 1.29 is 0 Å². The average molecular weight is 230 g/mol. The van der Waals surface area contributed by atoms with Gasteiger partial charge in [-0.25, -0.2) is 0 Å². The van der Waals surface area contributed by atoms with E-state index in [1.54, 1.807) is 5.57 Å². The van der Waals surface area contributed by atoms with E-state index in [9.17, 15) is 0 Å². The van der Waals surface area contributed by atoms with E-state index in [-0.39, 0.29) is 0 Å². The summed E-state index contributed by atoms with van der Waals surface area (Å²) >= 11 is 0. The Morgan fingerprint density at radius 3 is 2.82 bits per heavy atom. The fourth-order valence-electron chi connectivity index (χ4n) is 2.42. The molecule has 1 aromatic rings. The number of nitrogens with one attached hydrogen (secondary N) is 1. The van der Waals surface area contributed by atoms with Crippen molar-refractivity contribution in [3.8, 4) is 0 Å². The van der Waals surface area contributed by atoms with Crippen LogP contribution >= 0.6 is 0 Å². The summed E-state index contributed by atoms with van der Waals surface area (Å²) in [6.45, 7) is 2.03. The van der Waals surface area contributed by atoms with Crippen molar-refractivity contribution in [2.75, 3.05) is 7.05 Å². The highest BCUT2D eigenvalue weighted by Crippen LogP contribution is 2.27. The highest BCUT2D eigenvalue weighted by atomic mass is 14.9. The molecule has 1 unspecified atom stereocenters. The molecule has 0 spiro atoms. The molecule has 17 heavy (non-hydrogen) atoms. The number of aryl methyl sites for hydroxylation is 1. The zero-order chi connectivity index (χ0) is 12.1. The van der Waals surface area contributed by atoms with Crippen LogP contribution < -0.4 is 5.32 Å². The van der Waals surface area contributed by atoms with Crippen molar-refractivity contribution in [1.82, 2.24) is 10.3 Å². The Hall–Kier alpha value is -1.15. The maximum atomic E-state index is 4.38. The largest absolute Gasteiger partial charge is 0.313 e. The Kier molecular flexibility index (Phi) is 4.32. The molecule has 0 aliphatic heterocycles. The third-order valence-corrected chi connectivity index (χ3v) is 3.54. The molecule has 0 bridgehead atoms. The lowest BCUT2D eigenvalue weighted by Crippen LogP contribution is -2.17. The van der Waals surface area contributed by atoms with Crippen molar-refractivity contribution in [3.63, 3.8) is 0 Å². The lowest BCUT2D eigenvalue weighted by atomic mass is 9.92. The van der Waals surface area contributed by atoms with Crippen LogP contribution in [0.4, 0.5) is 0 Å². The number of hydrogen-bond acceptors (Lipinski definition) is 2. The summed E-state index contributed by atoms with van der Waals surface area (Å²) in [6.07, 6.45) is 10.8. The van der Waals surface area contributed by atoms with Crippen LogP contribution in [0.15, 0.2) is 30.0 Å². The van der Waals surface area contributed by atoms with Crippen LogP contribution in [-0.2, 0) is 0 Å². The average Bonchev–Trinajstić information content (AvgIpc) is 2.38. The van der Waals surface area contributed by atoms with Gasteiger partial charge in [0.05, 0.1) is 0 Å². The fraction of sp³-hybridized carbons (Fsp3) is 0.533. The van der Waals surface area contributed by atoms with E-state index in [0.717, 1.165) is 12.1 Å². The number of rotatable bonds is 4. The Labute approximate surface area is 104 Å². The molecule has 1 aliphatic carbocycles. The summed E-state index contributed by atoms with van der Waals surface area (Å²) in [5.74, 6) is 0. The lowest BCUT2D eigenvalue weighted by molar-refractivity contribution is 0.557. The standard InChI is InChI=1S/C15H22N2/c1-12-8-9-14(11-17-12)15(16-2)10-13-6-4-3-5-7-13/h6,8-9,11,15-16H,3-5,7,10H2,1-2H3. The van der Waals surface area contributed by atoms with Gasteiger partial charge in [-0.05, 0) is 57.7 Å². The van der Waals surface area contributed by atoms with Crippen LogP contribution in [0.5, 0.6) is 0 Å². The lowest BCUT2D eigenvalue weighted by Gasteiger charge is -2.20. The van der Waals surface area contributed by atoms with Crippen LogP contribution in [-0.4, -0.2) is 12.0 Å². The molecule has 0 radical (unpaired) electrons. The Balaban J connectivity index is 2.05. The maximum absolute atomic E-state index is 4.38. The van der Waals surface area contributed by atoms with Crippen molar-refractivity contribution in [2.45, 2.75) is 45.1 Å². The van der Waals surface area contributed by atoms with E-state index < -0.39 is 0 Å². The quantitative estimate of drug-likeness (QED) is 0.800. The van der Waals surface area contributed by atoms with E-state index in [2.05, 4.69) is 28.5 Å². The monoisotopic (exact) mass is 230 g/mol. The Bertz CT molecular complexity index is 378. The summed E-state index contributed by atoms with van der Waals surface area (Å²) in [7, 11) is 2.04. The smallest absolute Gasteiger partial charge is 0.0372 e. The number of hydrogen-bond donors (Lipinski definition) is 1. The van der Waals surface area contributed by atoms with Crippen LogP contribution in [0.3, 0.4) is 0 Å². The van der Waals surface area contributed by atoms with Gasteiger partial charge in [0.25, 0.3) is 0 Å². The molecule has 0 saturated carbocycles. The van der Waals surface area contributed by atoms with Crippen molar-refractivity contribution >= 4 is 0 Å². The van der Waals surface area contributed by atoms with Crippen LogP contribution in [0.25, 0.3) is 0 Å². The van der Waals surface area contributed by atoms with Gasteiger partial charge in [0.2, 0.25) is 0 Å². The van der Waals surface area contributed by atoms with E-state index in [0.29, 0.717) is 6.04 Å². The molecule has 1 aliphatic rings. The molecule has 1 aromatic heterocycles. The second-order valence-corrected chi connectivity index (χ2v) is 4.89. The van der Waals surface area contributed by atoms with Gasteiger partial charge in [-0.2, -0.15) is 0 Å². The van der Waals surface area contributed by atoms with Gasteiger partial charge in [-0.1, -0.05) is 17.7 Å². The van der Waals surface area contributed by atoms with Gasteiger partial charge in [0.1, 0.15) is 0 Å². The second-order valence-electron chi connectivity index (χ2n) is 4.89. The van der Waals surface area contributed by atoms with Crippen molar-refractivity contribution in [3.05, 3.63) is 41.2 Å². The zero-order valence-corrected chi connectivity index (χ0v) is 10.9.